The lowest BCUT2D eigenvalue weighted by Crippen LogP contribution is -2.38. The van der Waals surface area contributed by atoms with Crippen LogP contribution in [-0.4, -0.2) is 12.6 Å². The van der Waals surface area contributed by atoms with Crippen molar-refractivity contribution >= 4 is 0 Å². The van der Waals surface area contributed by atoms with E-state index >= 15 is 0 Å². The molecule has 0 fully saturated rings. The van der Waals surface area contributed by atoms with Crippen molar-refractivity contribution in [2.45, 2.75) is 105 Å². The number of nitrogens with one attached hydrogen (secondary N) is 1. The van der Waals surface area contributed by atoms with Gasteiger partial charge in [0.25, 0.3) is 0 Å². The van der Waals surface area contributed by atoms with Gasteiger partial charge >= 0.3 is 0 Å². The van der Waals surface area contributed by atoms with E-state index in [1.54, 1.807) is 0 Å². The summed E-state index contributed by atoms with van der Waals surface area (Å²) in [6.07, 6.45) is 12.4. The highest BCUT2D eigenvalue weighted by Crippen LogP contribution is 2.38. The molecule has 2 atom stereocenters. The molecular formula is C19H41N. The van der Waals surface area contributed by atoms with Gasteiger partial charge in [-0.15, -0.1) is 0 Å². The average molecular weight is 284 g/mol. The number of hydrogen-bond acceptors (Lipinski definition) is 1. The molecule has 20 heavy (non-hydrogen) atoms. The number of unbranched alkanes of at least 4 members (excludes halogenated alkanes) is 2. The number of rotatable bonds is 13. The van der Waals surface area contributed by atoms with Crippen molar-refractivity contribution in [3.8, 4) is 0 Å². The van der Waals surface area contributed by atoms with Gasteiger partial charge in [0.1, 0.15) is 0 Å². The Bertz CT molecular complexity index is 212. The third-order valence-corrected chi connectivity index (χ3v) is 4.96. The minimum atomic E-state index is 0.536. The van der Waals surface area contributed by atoms with Crippen LogP contribution in [0.3, 0.4) is 0 Å². The van der Waals surface area contributed by atoms with Crippen LogP contribution in [0.1, 0.15) is 99.3 Å². The summed E-state index contributed by atoms with van der Waals surface area (Å²) in [7, 11) is 0. The second-order valence-corrected chi connectivity index (χ2v) is 7.11. The first-order valence-corrected chi connectivity index (χ1v) is 9.26. The maximum absolute atomic E-state index is 3.73. The maximum Gasteiger partial charge on any atom is 0.00106 e. The van der Waals surface area contributed by atoms with Gasteiger partial charge in [0.05, 0.1) is 0 Å². The van der Waals surface area contributed by atoms with E-state index in [4.69, 9.17) is 0 Å². The van der Waals surface area contributed by atoms with Crippen LogP contribution in [0.4, 0.5) is 0 Å². The highest BCUT2D eigenvalue weighted by molar-refractivity contribution is 4.84. The van der Waals surface area contributed by atoms with Crippen LogP contribution >= 0.6 is 0 Å². The molecule has 0 saturated carbocycles. The van der Waals surface area contributed by atoms with Crippen molar-refractivity contribution in [2.75, 3.05) is 6.54 Å². The highest BCUT2D eigenvalue weighted by atomic mass is 14.9. The summed E-state index contributed by atoms with van der Waals surface area (Å²) in [6, 6.07) is 0.610. The first-order chi connectivity index (χ1) is 9.53. The lowest BCUT2D eigenvalue weighted by Gasteiger charge is -2.37. The topological polar surface area (TPSA) is 12.0 Å². The van der Waals surface area contributed by atoms with Gasteiger partial charge in [-0.1, -0.05) is 80.1 Å². The van der Waals surface area contributed by atoms with E-state index < -0.39 is 0 Å². The van der Waals surface area contributed by atoms with Crippen molar-refractivity contribution in [2.24, 2.45) is 11.3 Å². The van der Waals surface area contributed by atoms with Gasteiger partial charge in [-0.3, -0.25) is 0 Å². The third-order valence-electron chi connectivity index (χ3n) is 4.96. The van der Waals surface area contributed by atoms with Gasteiger partial charge in [-0.25, -0.2) is 0 Å². The van der Waals surface area contributed by atoms with Crippen molar-refractivity contribution < 1.29 is 0 Å². The molecule has 0 aromatic heterocycles. The fourth-order valence-corrected chi connectivity index (χ4v) is 3.24. The second kappa shape index (κ2) is 11.6. The van der Waals surface area contributed by atoms with Gasteiger partial charge in [-0.2, -0.15) is 0 Å². The van der Waals surface area contributed by atoms with Crippen molar-refractivity contribution in [3.05, 3.63) is 0 Å². The Kier molecular flexibility index (Phi) is 11.6. The molecule has 1 heteroatoms. The molecule has 0 saturated heterocycles. The van der Waals surface area contributed by atoms with Crippen LogP contribution in [-0.2, 0) is 0 Å². The maximum atomic E-state index is 3.73. The predicted octanol–water partition coefficient (Wildman–Crippen LogP) is 6.18. The van der Waals surface area contributed by atoms with Crippen LogP contribution in [0.2, 0.25) is 0 Å². The molecule has 0 aromatic carbocycles. The monoisotopic (exact) mass is 283 g/mol. The highest BCUT2D eigenvalue weighted by Gasteiger charge is 2.30. The molecule has 1 nitrogen and oxygen atoms in total. The van der Waals surface area contributed by atoms with Gasteiger partial charge < -0.3 is 5.32 Å². The minimum absolute atomic E-state index is 0.536. The van der Waals surface area contributed by atoms with Crippen molar-refractivity contribution in [3.63, 3.8) is 0 Å². The Morgan fingerprint density at radius 2 is 1.60 bits per heavy atom. The normalized spacial score (nSPS) is 16.4. The molecule has 0 spiro atoms. The molecule has 2 unspecified atom stereocenters. The minimum Gasteiger partial charge on any atom is -0.314 e. The summed E-state index contributed by atoms with van der Waals surface area (Å²) in [5.74, 6) is 0.931. The zero-order chi connectivity index (χ0) is 15.4. The van der Waals surface area contributed by atoms with E-state index in [0.717, 1.165) is 5.92 Å². The molecular weight excluding hydrogens is 242 g/mol. The predicted molar refractivity (Wildman–Crippen MR) is 93.3 cm³/mol. The van der Waals surface area contributed by atoms with E-state index in [0.29, 0.717) is 11.5 Å². The molecule has 0 aliphatic carbocycles. The standard InChI is InChI=1S/C19H41N/c1-7-11-13-18(9-3)15-19(10-4,14-12-8-2)16-20-17(5)6/h17-18,20H,7-16H2,1-6H3. The van der Waals surface area contributed by atoms with Crippen LogP contribution in [0.25, 0.3) is 0 Å². The Balaban J connectivity index is 4.67. The largest absolute Gasteiger partial charge is 0.314 e. The first kappa shape index (κ1) is 20.0. The summed E-state index contributed by atoms with van der Waals surface area (Å²) in [5.41, 5.74) is 0.536. The van der Waals surface area contributed by atoms with E-state index in [9.17, 15) is 0 Å². The lowest BCUT2D eigenvalue weighted by atomic mass is 9.71. The molecule has 122 valence electrons. The molecule has 0 aliphatic rings. The summed E-state index contributed by atoms with van der Waals surface area (Å²) in [4.78, 5) is 0. The lowest BCUT2D eigenvalue weighted by molar-refractivity contribution is 0.162. The zero-order valence-electron chi connectivity index (χ0n) is 15.2. The van der Waals surface area contributed by atoms with E-state index in [2.05, 4.69) is 46.9 Å². The SMILES string of the molecule is CCCCC(CC)CC(CC)(CCCC)CNC(C)C. The summed E-state index contributed by atoms with van der Waals surface area (Å²) in [5, 5.41) is 3.73. The Morgan fingerprint density at radius 3 is 2.05 bits per heavy atom. The molecule has 0 rings (SSSR count). The van der Waals surface area contributed by atoms with Crippen LogP contribution < -0.4 is 5.32 Å². The molecule has 0 amide bonds. The van der Waals surface area contributed by atoms with E-state index in [1.807, 2.05) is 0 Å². The molecule has 0 bridgehead atoms. The Labute approximate surface area is 129 Å². The van der Waals surface area contributed by atoms with E-state index in [1.165, 1.54) is 64.3 Å². The third kappa shape index (κ3) is 8.29. The van der Waals surface area contributed by atoms with Crippen molar-refractivity contribution in [1.29, 1.82) is 0 Å². The molecule has 0 radical (unpaired) electrons. The Hall–Kier alpha value is -0.0400. The summed E-state index contributed by atoms with van der Waals surface area (Å²) >= 11 is 0. The van der Waals surface area contributed by atoms with Crippen LogP contribution in [0, 0.1) is 11.3 Å². The van der Waals surface area contributed by atoms with Gasteiger partial charge in [0.15, 0.2) is 0 Å². The average Bonchev–Trinajstić information content (AvgIpc) is 2.46. The van der Waals surface area contributed by atoms with Crippen LogP contribution in [0.5, 0.6) is 0 Å². The Morgan fingerprint density at radius 1 is 0.950 bits per heavy atom. The summed E-state index contributed by atoms with van der Waals surface area (Å²) < 4.78 is 0. The van der Waals surface area contributed by atoms with Gasteiger partial charge in [-0.05, 0) is 30.6 Å². The zero-order valence-corrected chi connectivity index (χ0v) is 15.2. The van der Waals surface area contributed by atoms with Gasteiger partial charge in [0.2, 0.25) is 0 Å². The molecule has 0 aromatic rings. The molecule has 1 N–H and O–H groups in total. The molecule has 0 aliphatic heterocycles. The fraction of sp³-hybridized carbons (Fsp3) is 1.00. The van der Waals surface area contributed by atoms with Gasteiger partial charge in [0, 0.05) is 12.6 Å². The smallest absolute Gasteiger partial charge is 0.00106 e. The quantitative estimate of drug-likeness (QED) is 0.426. The fourth-order valence-electron chi connectivity index (χ4n) is 3.24. The first-order valence-electron chi connectivity index (χ1n) is 9.26. The van der Waals surface area contributed by atoms with Crippen LogP contribution in [0.15, 0.2) is 0 Å². The number of hydrogen-bond donors (Lipinski definition) is 1. The van der Waals surface area contributed by atoms with Crippen molar-refractivity contribution in [1.82, 2.24) is 5.32 Å². The van der Waals surface area contributed by atoms with E-state index in [-0.39, 0.29) is 0 Å². The second-order valence-electron chi connectivity index (χ2n) is 7.11. The summed E-state index contributed by atoms with van der Waals surface area (Å²) in [6.45, 7) is 15.2. The molecule has 0 heterocycles.